The van der Waals surface area contributed by atoms with Crippen LogP contribution in [0.1, 0.15) is 17.4 Å². The van der Waals surface area contributed by atoms with Crippen LogP contribution in [0.5, 0.6) is 5.75 Å². The molecular formula is C13H14F2N2O3. The third kappa shape index (κ3) is 3.24. The number of nitrogens with one attached hydrogen (secondary N) is 2. The fraction of sp³-hybridized carbons (Fsp3) is 0.308. The lowest BCUT2D eigenvalue weighted by molar-refractivity contribution is -0.0487. The van der Waals surface area contributed by atoms with Gasteiger partial charge in [0.1, 0.15) is 11.4 Å². The van der Waals surface area contributed by atoms with Crippen LogP contribution in [0.3, 0.4) is 0 Å². The van der Waals surface area contributed by atoms with Gasteiger partial charge in [0.2, 0.25) is 0 Å². The summed E-state index contributed by atoms with van der Waals surface area (Å²) in [6.45, 7) is -1.28. The molecule has 1 aromatic heterocycles. The summed E-state index contributed by atoms with van der Waals surface area (Å²) in [5.41, 5.74) is 0.733. The van der Waals surface area contributed by atoms with Gasteiger partial charge in [0.15, 0.2) is 0 Å². The minimum atomic E-state index is -2.93. The number of H-pyrrole nitrogens is 1. The molecule has 0 aliphatic rings. The first-order chi connectivity index (χ1) is 9.47. The predicted molar refractivity (Wildman–Crippen MR) is 68.9 cm³/mol. The van der Waals surface area contributed by atoms with Gasteiger partial charge in [-0.25, -0.2) is 0 Å². The van der Waals surface area contributed by atoms with Gasteiger partial charge in [-0.3, -0.25) is 4.79 Å². The Bertz CT molecular complexity index is 611. The number of ether oxygens (including phenoxy) is 1. The van der Waals surface area contributed by atoms with Gasteiger partial charge in [-0.15, -0.1) is 0 Å². The number of carbonyl (C=O) groups excluding carboxylic acids is 1. The molecular weight excluding hydrogens is 270 g/mol. The molecule has 1 heterocycles. The Kier molecular flexibility index (Phi) is 4.19. The number of benzene rings is 1. The Balaban J connectivity index is 2.26. The normalized spacial score (nSPS) is 12.7. The van der Waals surface area contributed by atoms with Crippen molar-refractivity contribution in [3.63, 3.8) is 0 Å². The zero-order valence-corrected chi connectivity index (χ0v) is 10.7. The number of hydrogen-bond donors (Lipinski definition) is 3. The summed E-state index contributed by atoms with van der Waals surface area (Å²) >= 11 is 0. The first kappa shape index (κ1) is 14.3. The topological polar surface area (TPSA) is 74.3 Å². The van der Waals surface area contributed by atoms with Crippen LogP contribution in [-0.2, 0) is 0 Å². The summed E-state index contributed by atoms with van der Waals surface area (Å²) in [6, 6.07) is 6.04. The highest BCUT2D eigenvalue weighted by Crippen LogP contribution is 2.27. The van der Waals surface area contributed by atoms with Crippen LogP contribution >= 0.6 is 0 Å². The van der Waals surface area contributed by atoms with Gasteiger partial charge in [-0.2, -0.15) is 8.78 Å². The molecule has 1 aromatic carbocycles. The van der Waals surface area contributed by atoms with Crippen molar-refractivity contribution in [3.05, 3.63) is 30.0 Å². The molecule has 7 heteroatoms. The minimum absolute atomic E-state index is 0.00308. The molecule has 0 radical (unpaired) electrons. The van der Waals surface area contributed by atoms with Crippen molar-refractivity contribution in [2.45, 2.75) is 19.6 Å². The monoisotopic (exact) mass is 284 g/mol. The van der Waals surface area contributed by atoms with Gasteiger partial charge in [-0.1, -0.05) is 6.07 Å². The fourth-order valence-corrected chi connectivity index (χ4v) is 1.78. The molecule has 2 rings (SSSR count). The fourth-order valence-electron chi connectivity index (χ4n) is 1.78. The Morgan fingerprint density at radius 3 is 2.90 bits per heavy atom. The number of aromatic nitrogens is 1. The van der Waals surface area contributed by atoms with E-state index in [1.165, 1.54) is 12.1 Å². The highest BCUT2D eigenvalue weighted by molar-refractivity contribution is 5.99. The number of fused-ring (bicyclic) bond motifs is 1. The average Bonchev–Trinajstić information content (AvgIpc) is 2.80. The van der Waals surface area contributed by atoms with Gasteiger partial charge in [0.05, 0.1) is 6.10 Å². The Hall–Kier alpha value is -2.15. The van der Waals surface area contributed by atoms with Crippen LogP contribution in [-0.4, -0.2) is 35.3 Å². The van der Waals surface area contributed by atoms with E-state index in [-0.39, 0.29) is 18.0 Å². The summed E-state index contributed by atoms with van der Waals surface area (Å²) in [5, 5.41) is 12.0. The summed E-state index contributed by atoms with van der Waals surface area (Å²) in [4.78, 5) is 14.6. The lowest BCUT2D eigenvalue weighted by atomic mass is 10.2. The third-order valence-electron chi connectivity index (χ3n) is 2.64. The van der Waals surface area contributed by atoms with Crippen molar-refractivity contribution in [2.24, 2.45) is 0 Å². The molecule has 1 unspecified atom stereocenters. The maximum atomic E-state index is 12.3. The largest absolute Gasteiger partial charge is 0.434 e. The van der Waals surface area contributed by atoms with E-state index in [4.69, 9.17) is 5.11 Å². The number of amides is 1. The summed E-state index contributed by atoms with van der Waals surface area (Å²) in [6.07, 6.45) is -0.666. The number of rotatable bonds is 5. The highest BCUT2D eigenvalue weighted by Gasteiger charge is 2.14. The second-order valence-corrected chi connectivity index (χ2v) is 4.34. The lowest BCUT2D eigenvalue weighted by Crippen LogP contribution is -2.30. The molecule has 5 nitrogen and oxygen atoms in total. The molecule has 0 aliphatic carbocycles. The van der Waals surface area contributed by atoms with E-state index < -0.39 is 18.6 Å². The molecule has 0 fully saturated rings. The molecule has 2 aromatic rings. The molecule has 0 bridgehead atoms. The maximum Gasteiger partial charge on any atom is 0.387 e. The average molecular weight is 284 g/mol. The van der Waals surface area contributed by atoms with Crippen LogP contribution in [0.2, 0.25) is 0 Å². The number of carbonyl (C=O) groups is 1. The first-order valence-electron chi connectivity index (χ1n) is 6.00. The molecule has 1 atom stereocenters. The second-order valence-electron chi connectivity index (χ2n) is 4.34. The van der Waals surface area contributed by atoms with Crippen molar-refractivity contribution in [3.8, 4) is 5.75 Å². The van der Waals surface area contributed by atoms with E-state index in [1.807, 2.05) is 0 Å². The molecule has 1 amide bonds. The first-order valence-corrected chi connectivity index (χ1v) is 6.00. The molecule has 0 aliphatic heterocycles. The zero-order valence-electron chi connectivity index (χ0n) is 10.7. The standard InChI is InChI=1S/C13H14F2N2O3/c1-7(18)6-16-12(19)10-5-8-9(17-10)3-2-4-11(8)20-13(14)15/h2-5,7,13,17-18H,6H2,1H3,(H,16,19). The Labute approximate surface area is 113 Å². The van der Waals surface area contributed by atoms with Crippen molar-refractivity contribution in [1.82, 2.24) is 10.3 Å². The van der Waals surface area contributed by atoms with Gasteiger partial charge in [0, 0.05) is 17.4 Å². The number of alkyl halides is 2. The third-order valence-corrected chi connectivity index (χ3v) is 2.64. The molecule has 108 valence electrons. The van der Waals surface area contributed by atoms with E-state index in [1.54, 1.807) is 19.1 Å². The molecule has 0 spiro atoms. The van der Waals surface area contributed by atoms with Gasteiger partial charge in [0.25, 0.3) is 5.91 Å². The molecule has 0 saturated carbocycles. The summed E-state index contributed by atoms with van der Waals surface area (Å²) in [5.74, 6) is -0.423. The predicted octanol–water partition coefficient (Wildman–Crippen LogP) is 1.88. The summed E-state index contributed by atoms with van der Waals surface area (Å²) in [7, 11) is 0. The van der Waals surface area contributed by atoms with Crippen molar-refractivity contribution < 1.29 is 23.4 Å². The second kappa shape index (κ2) is 5.87. The van der Waals surface area contributed by atoms with Gasteiger partial charge in [-0.05, 0) is 25.1 Å². The molecule has 3 N–H and O–H groups in total. The zero-order chi connectivity index (χ0) is 14.7. The number of halogens is 2. The van der Waals surface area contributed by atoms with E-state index in [2.05, 4.69) is 15.0 Å². The Morgan fingerprint density at radius 2 is 2.25 bits per heavy atom. The van der Waals surface area contributed by atoms with Crippen molar-refractivity contribution >= 4 is 16.8 Å². The highest BCUT2D eigenvalue weighted by atomic mass is 19.3. The van der Waals surface area contributed by atoms with Crippen LogP contribution in [0.15, 0.2) is 24.3 Å². The van der Waals surface area contributed by atoms with Crippen LogP contribution < -0.4 is 10.1 Å². The summed E-state index contributed by atoms with van der Waals surface area (Å²) < 4.78 is 29.0. The van der Waals surface area contributed by atoms with Crippen molar-refractivity contribution in [2.75, 3.05) is 6.54 Å². The Morgan fingerprint density at radius 1 is 1.50 bits per heavy atom. The van der Waals surface area contributed by atoms with E-state index in [9.17, 15) is 13.6 Å². The lowest BCUT2D eigenvalue weighted by Gasteiger charge is -2.05. The van der Waals surface area contributed by atoms with E-state index in [0.717, 1.165) is 0 Å². The quantitative estimate of drug-likeness (QED) is 0.784. The van der Waals surface area contributed by atoms with Gasteiger partial charge >= 0.3 is 6.61 Å². The molecule has 0 saturated heterocycles. The number of aliphatic hydroxyl groups is 1. The van der Waals surface area contributed by atoms with Crippen LogP contribution in [0, 0.1) is 0 Å². The van der Waals surface area contributed by atoms with Crippen molar-refractivity contribution in [1.29, 1.82) is 0 Å². The van der Waals surface area contributed by atoms with Gasteiger partial charge < -0.3 is 20.1 Å². The molecule has 20 heavy (non-hydrogen) atoms. The van der Waals surface area contributed by atoms with E-state index >= 15 is 0 Å². The van der Waals surface area contributed by atoms with E-state index in [0.29, 0.717) is 10.9 Å². The smallest absolute Gasteiger partial charge is 0.387 e. The number of aromatic amines is 1. The van der Waals surface area contributed by atoms with Crippen LogP contribution in [0.4, 0.5) is 8.78 Å². The number of aliphatic hydroxyl groups excluding tert-OH is 1. The maximum absolute atomic E-state index is 12.3. The minimum Gasteiger partial charge on any atom is -0.434 e. The number of hydrogen-bond acceptors (Lipinski definition) is 3. The SMILES string of the molecule is CC(O)CNC(=O)c1cc2c(OC(F)F)cccc2[nH]1. The van der Waals surface area contributed by atoms with Crippen LogP contribution in [0.25, 0.3) is 10.9 Å².